The highest BCUT2D eigenvalue weighted by Crippen LogP contribution is 2.25. The van der Waals surface area contributed by atoms with Gasteiger partial charge in [0.2, 0.25) is 0 Å². The number of aliphatic imine (C=N–C) groups is 1. The molecule has 0 aliphatic carbocycles. The maximum Gasteiger partial charge on any atom is 0.195 e. The fourth-order valence-electron chi connectivity index (χ4n) is 2.15. The van der Waals surface area contributed by atoms with E-state index in [9.17, 15) is 4.79 Å². The highest BCUT2D eigenvalue weighted by atomic mass is 16.1. The van der Waals surface area contributed by atoms with Crippen LogP contribution in [0.2, 0.25) is 0 Å². The van der Waals surface area contributed by atoms with Gasteiger partial charge in [0.15, 0.2) is 11.6 Å². The monoisotopic (exact) mass is 254 g/mol. The predicted molar refractivity (Wildman–Crippen MR) is 73.2 cm³/mol. The molecule has 0 radical (unpaired) electrons. The zero-order chi connectivity index (χ0) is 13.4. The van der Waals surface area contributed by atoms with Crippen LogP contribution in [0.5, 0.6) is 0 Å². The summed E-state index contributed by atoms with van der Waals surface area (Å²) >= 11 is 0. The van der Waals surface area contributed by atoms with Gasteiger partial charge in [0.05, 0.1) is 17.4 Å². The molecule has 1 unspecified atom stereocenters. The molecular weight excluding hydrogens is 240 g/mol. The number of hydrogen-bond acceptors (Lipinski definition) is 4. The average molecular weight is 254 g/mol. The van der Waals surface area contributed by atoms with E-state index in [1.54, 1.807) is 23.0 Å². The molecule has 1 aliphatic heterocycles. The molecule has 0 spiro atoms. The number of rotatable bonds is 2. The second kappa shape index (κ2) is 4.42. The van der Waals surface area contributed by atoms with Crippen molar-refractivity contribution in [2.75, 3.05) is 0 Å². The number of nitrogens with zero attached hydrogens (tertiary/aromatic N) is 4. The van der Waals surface area contributed by atoms with Crippen molar-refractivity contribution in [2.45, 2.75) is 20.3 Å². The Bertz CT molecular complexity index is 711. The molecule has 2 aromatic heterocycles. The molecule has 0 saturated carbocycles. The molecule has 0 fully saturated rings. The van der Waals surface area contributed by atoms with E-state index in [1.807, 2.05) is 6.21 Å². The highest BCUT2D eigenvalue weighted by Gasteiger charge is 2.18. The van der Waals surface area contributed by atoms with Gasteiger partial charge in [-0.2, -0.15) is 0 Å². The Kier molecular flexibility index (Phi) is 2.74. The van der Waals surface area contributed by atoms with Crippen LogP contribution in [-0.2, 0) is 0 Å². The van der Waals surface area contributed by atoms with Crippen molar-refractivity contribution >= 4 is 23.2 Å². The first-order valence-electron chi connectivity index (χ1n) is 6.24. The van der Waals surface area contributed by atoms with Crippen LogP contribution < -0.4 is 0 Å². The van der Waals surface area contributed by atoms with Crippen molar-refractivity contribution in [1.29, 1.82) is 0 Å². The van der Waals surface area contributed by atoms with Gasteiger partial charge in [-0.15, -0.1) is 0 Å². The van der Waals surface area contributed by atoms with Gasteiger partial charge in [-0.1, -0.05) is 13.0 Å². The Morgan fingerprint density at radius 3 is 3.00 bits per heavy atom. The Labute approximate surface area is 110 Å². The summed E-state index contributed by atoms with van der Waals surface area (Å²) in [6.45, 7) is 3.63. The van der Waals surface area contributed by atoms with Crippen LogP contribution in [0.3, 0.4) is 0 Å². The first-order valence-corrected chi connectivity index (χ1v) is 6.24. The standard InChI is InChI=1S/C14H14N4O/c1-9-3-4-11(16-7-9)13-12-8-15-5-6-18(12)14(17-13)10(2)19/h4-9H,3H2,1-2H3. The summed E-state index contributed by atoms with van der Waals surface area (Å²) in [6.07, 6.45) is 10.0. The molecule has 0 bridgehead atoms. The number of allylic oxidation sites excluding steroid dienone is 1. The van der Waals surface area contributed by atoms with Crippen LogP contribution in [-0.4, -0.2) is 26.4 Å². The van der Waals surface area contributed by atoms with Crippen molar-refractivity contribution in [2.24, 2.45) is 10.9 Å². The summed E-state index contributed by atoms with van der Waals surface area (Å²) in [4.78, 5) is 24.6. The number of carbonyl (C=O) groups is 1. The molecule has 3 heterocycles. The molecule has 0 aromatic carbocycles. The van der Waals surface area contributed by atoms with E-state index in [4.69, 9.17) is 0 Å². The summed E-state index contributed by atoms with van der Waals surface area (Å²) < 4.78 is 1.76. The fraction of sp³-hybridized carbons (Fsp3) is 0.286. The second-order valence-electron chi connectivity index (χ2n) is 4.75. The third kappa shape index (κ3) is 1.97. The lowest BCUT2D eigenvalue weighted by molar-refractivity contribution is 0.100. The average Bonchev–Trinajstić information content (AvgIpc) is 2.79. The van der Waals surface area contributed by atoms with E-state index in [2.05, 4.69) is 28.0 Å². The molecule has 2 aromatic rings. The number of aromatic nitrogens is 3. The Morgan fingerprint density at radius 1 is 1.47 bits per heavy atom. The first kappa shape index (κ1) is 11.8. The maximum atomic E-state index is 11.6. The summed E-state index contributed by atoms with van der Waals surface area (Å²) in [5, 5.41) is 0. The summed E-state index contributed by atoms with van der Waals surface area (Å²) in [7, 11) is 0. The molecule has 0 N–H and O–H groups in total. The van der Waals surface area contributed by atoms with Gasteiger partial charge in [-0.25, -0.2) is 4.98 Å². The van der Waals surface area contributed by atoms with Gasteiger partial charge in [0.1, 0.15) is 5.69 Å². The topological polar surface area (TPSA) is 59.6 Å². The van der Waals surface area contributed by atoms with Crippen molar-refractivity contribution < 1.29 is 4.79 Å². The first-order chi connectivity index (χ1) is 9.16. The number of imidazole rings is 1. The number of hydrogen-bond donors (Lipinski definition) is 0. The van der Waals surface area contributed by atoms with Crippen LogP contribution >= 0.6 is 0 Å². The van der Waals surface area contributed by atoms with Gasteiger partial charge in [-0.05, 0) is 12.3 Å². The molecule has 5 nitrogen and oxygen atoms in total. The maximum absolute atomic E-state index is 11.6. The van der Waals surface area contributed by atoms with E-state index in [1.165, 1.54) is 6.92 Å². The van der Waals surface area contributed by atoms with E-state index >= 15 is 0 Å². The van der Waals surface area contributed by atoms with E-state index in [-0.39, 0.29) is 5.78 Å². The fourth-order valence-corrected chi connectivity index (χ4v) is 2.15. The van der Waals surface area contributed by atoms with E-state index in [0.29, 0.717) is 11.7 Å². The van der Waals surface area contributed by atoms with Gasteiger partial charge < -0.3 is 0 Å². The minimum atomic E-state index is -0.0683. The van der Waals surface area contributed by atoms with Gasteiger partial charge in [-0.3, -0.25) is 19.2 Å². The van der Waals surface area contributed by atoms with Crippen LogP contribution in [0.25, 0.3) is 11.2 Å². The summed E-state index contributed by atoms with van der Waals surface area (Å²) in [6, 6.07) is 0. The summed E-state index contributed by atoms with van der Waals surface area (Å²) in [5.74, 6) is 0.798. The van der Waals surface area contributed by atoms with E-state index < -0.39 is 0 Å². The van der Waals surface area contributed by atoms with Crippen molar-refractivity contribution in [3.63, 3.8) is 0 Å². The Morgan fingerprint density at radius 2 is 2.32 bits per heavy atom. The zero-order valence-corrected chi connectivity index (χ0v) is 10.9. The third-order valence-corrected chi connectivity index (χ3v) is 3.16. The lowest BCUT2D eigenvalue weighted by Crippen LogP contribution is -2.01. The summed E-state index contributed by atoms with van der Waals surface area (Å²) in [5.41, 5.74) is 2.35. The van der Waals surface area contributed by atoms with Crippen LogP contribution in [0.15, 0.2) is 29.7 Å². The van der Waals surface area contributed by atoms with Gasteiger partial charge in [0, 0.05) is 25.5 Å². The predicted octanol–water partition coefficient (Wildman–Crippen LogP) is 2.38. The SMILES string of the molecule is CC(=O)c1nc(C2=CCC(C)C=N2)c2cnccn12. The Balaban J connectivity index is 2.20. The lowest BCUT2D eigenvalue weighted by atomic mass is 10.1. The number of fused-ring (bicyclic) bond motifs is 1. The third-order valence-electron chi connectivity index (χ3n) is 3.16. The van der Waals surface area contributed by atoms with Crippen LogP contribution in [0, 0.1) is 5.92 Å². The molecule has 1 atom stereocenters. The van der Waals surface area contributed by atoms with Crippen LogP contribution in [0.1, 0.15) is 36.6 Å². The van der Waals surface area contributed by atoms with Gasteiger partial charge >= 0.3 is 0 Å². The minimum absolute atomic E-state index is 0.0683. The van der Waals surface area contributed by atoms with Crippen molar-refractivity contribution in [3.8, 4) is 0 Å². The van der Waals surface area contributed by atoms with E-state index in [0.717, 1.165) is 23.3 Å². The van der Waals surface area contributed by atoms with Crippen molar-refractivity contribution in [1.82, 2.24) is 14.4 Å². The zero-order valence-electron chi connectivity index (χ0n) is 10.9. The second-order valence-corrected chi connectivity index (χ2v) is 4.75. The van der Waals surface area contributed by atoms with Crippen molar-refractivity contribution in [3.05, 3.63) is 36.2 Å². The molecule has 5 heteroatoms. The minimum Gasteiger partial charge on any atom is -0.294 e. The number of Topliss-reactive ketones (excluding diaryl/α,β-unsaturated/α-hetero) is 1. The lowest BCUT2D eigenvalue weighted by Gasteiger charge is -2.09. The number of carbonyl (C=O) groups excluding carboxylic acids is 1. The normalized spacial score (nSPS) is 18.6. The number of ketones is 1. The molecular formula is C14H14N4O. The largest absolute Gasteiger partial charge is 0.294 e. The quantitative estimate of drug-likeness (QED) is 0.773. The molecule has 0 amide bonds. The molecule has 19 heavy (non-hydrogen) atoms. The van der Waals surface area contributed by atoms with Crippen LogP contribution in [0.4, 0.5) is 0 Å². The highest BCUT2D eigenvalue weighted by molar-refractivity contribution is 5.94. The smallest absolute Gasteiger partial charge is 0.195 e. The molecule has 96 valence electrons. The molecule has 3 rings (SSSR count). The Hall–Kier alpha value is -2.30. The molecule has 0 saturated heterocycles. The molecule has 1 aliphatic rings. The van der Waals surface area contributed by atoms with Gasteiger partial charge in [0.25, 0.3) is 0 Å².